The monoisotopic (exact) mass is 292 g/mol. The molecule has 2 atom stereocenters. The number of methoxy groups -OCH3 is 1. The predicted molar refractivity (Wildman–Crippen MR) is 80.7 cm³/mol. The predicted octanol–water partition coefficient (Wildman–Crippen LogP) is 1.98. The van der Waals surface area contributed by atoms with Crippen LogP contribution in [-0.4, -0.2) is 39.3 Å². The minimum absolute atomic E-state index is 0. The van der Waals surface area contributed by atoms with E-state index in [-0.39, 0.29) is 18.3 Å². The van der Waals surface area contributed by atoms with Crippen molar-refractivity contribution < 1.29 is 9.53 Å². The van der Waals surface area contributed by atoms with Gasteiger partial charge in [0.25, 0.3) is 0 Å². The lowest BCUT2D eigenvalue weighted by molar-refractivity contribution is -0.122. The zero-order valence-corrected chi connectivity index (χ0v) is 13.1. The maximum absolute atomic E-state index is 11.7. The number of halogens is 1. The first-order chi connectivity index (χ1) is 8.72. The Hall–Kier alpha value is -0.320. The van der Waals surface area contributed by atoms with Crippen molar-refractivity contribution in [3.8, 4) is 0 Å². The molecule has 1 rings (SSSR count). The number of amides is 1. The summed E-state index contributed by atoms with van der Waals surface area (Å²) < 4.78 is 4.93. The van der Waals surface area contributed by atoms with Gasteiger partial charge in [0.05, 0.1) is 6.61 Å². The molecule has 0 aromatic heterocycles. The smallest absolute Gasteiger partial charge is 0.220 e. The molecular weight excluding hydrogens is 264 g/mol. The quantitative estimate of drug-likeness (QED) is 0.673. The van der Waals surface area contributed by atoms with E-state index in [0.717, 1.165) is 19.0 Å². The summed E-state index contributed by atoms with van der Waals surface area (Å²) in [5.41, 5.74) is 0. The van der Waals surface area contributed by atoms with Crippen LogP contribution < -0.4 is 10.6 Å². The molecule has 0 spiro atoms. The molecule has 1 fully saturated rings. The van der Waals surface area contributed by atoms with E-state index in [1.165, 1.54) is 25.7 Å². The Balaban J connectivity index is 0.00000324. The molecule has 1 aliphatic rings. The molecule has 0 aliphatic heterocycles. The highest BCUT2D eigenvalue weighted by atomic mass is 35.5. The van der Waals surface area contributed by atoms with Gasteiger partial charge >= 0.3 is 0 Å². The molecule has 1 amide bonds. The maximum atomic E-state index is 11.7. The Kier molecular flexibility index (Phi) is 11.3. The third kappa shape index (κ3) is 9.25. The molecule has 19 heavy (non-hydrogen) atoms. The van der Waals surface area contributed by atoms with Crippen molar-refractivity contribution >= 4 is 18.3 Å². The summed E-state index contributed by atoms with van der Waals surface area (Å²) >= 11 is 0. The fourth-order valence-electron chi connectivity index (χ4n) is 2.67. The van der Waals surface area contributed by atoms with Crippen LogP contribution in [0.1, 0.15) is 39.0 Å². The minimum Gasteiger partial charge on any atom is -0.383 e. The van der Waals surface area contributed by atoms with Crippen LogP contribution in [-0.2, 0) is 9.53 Å². The Morgan fingerprint density at radius 3 is 2.74 bits per heavy atom. The molecule has 0 aromatic carbocycles. The van der Waals surface area contributed by atoms with Crippen LogP contribution >= 0.6 is 12.4 Å². The van der Waals surface area contributed by atoms with Crippen molar-refractivity contribution in [2.24, 2.45) is 11.8 Å². The van der Waals surface area contributed by atoms with Gasteiger partial charge < -0.3 is 15.4 Å². The lowest BCUT2D eigenvalue weighted by Gasteiger charge is -2.26. The Morgan fingerprint density at radius 1 is 1.26 bits per heavy atom. The van der Waals surface area contributed by atoms with Gasteiger partial charge in [-0.15, -0.1) is 12.4 Å². The highest BCUT2D eigenvalue weighted by Gasteiger charge is 2.20. The number of rotatable bonds is 8. The van der Waals surface area contributed by atoms with Crippen molar-refractivity contribution in [2.75, 3.05) is 33.4 Å². The number of hydrogen-bond acceptors (Lipinski definition) is 3. The zero-order valence-electron chi connectivity index (χ0n) is 12.2. The van der Waals surface area contributed by atoms with E-state index in [4.69, 9.17) is 4.74 Å². The lowest BCUT2D eigenvalue weighted by atomic mass is 9.81. The fraction of sp³-hybridized carbons (Fsp3) is 0.929. The first-order valence-corrected chi connectivity index (χ1v) is 7.18. The second-order valence-corrected chi connectivity index (χ2v) is 5.43. The molecule has 5 heteroatoms. The number of carbonyl (C=O) groups is 1. The van der Waals surface area contributed by atoms with Crippen LogP contribution in [0.15, 0.2) is 0 Å². The second kappa shape index (κ2) is 11.5. The normalized spacial score (nSPS) is 22.6. The SMILES string of the molecule is COCCNCCNC(=O)CC1CCCC(C)C1.Cl. The highest BCUT2D eigenvalue weighted by Crippen LogP contribution is 2.30. The first kappa shape index (κ1) is 18.7. The fourth-order valence-corrected chi connectivity index (χ4v) is 2.67. The van der Waals surface area contributed by atoms with E-state index in [1.807, 2.05) is 0 Å². The van der Waals surface area contributed by atoms with Crippen LogP contribution in [0.3, 0.4) is 0 Å². The van der Waals surface area contributed by atoms with E-state index in [1.54, 1.807) is 7.11 Å². The van der Waals surface area contributed by atoms with E-state index < -0.39 is 0 Å². The summed E-state index contributed by atoms with van der Waals surface area (Å²) in [5.74, 6) is 1.62. The summed E-state index contributed by atoms with van der Waals surface area (Å²) in [6, 6.07) is 0. The summed E-state index contributed by atoms with van der Waals surface area (Å²) in [4.78, 5) is 11.7. The average molecular weight is 293 g/mol. The van der Waals surface area contributed by atoms with Gasteiger partial charge in [-0.1, -0.05) is 19.8 Å². The van der Waals surface area contributed by atoms with Gasteiger partial charge in [-0.05, 0) is 24.7 Å². The van der Waals surface area contributed by atoms with Crippen LogP contribution in [0.2, 0.25) is 0 Å². The van der Waals surface area contributed by atoms with Crippen molar-refractivity contribution in [1.29, 1.82) is 0 Å². The molecular formula is C14H29ClN2O2. The molecule has 114 valence electrons. The van der Waals surface area contributed by atoms with Crippen molar-refractivity contribution in [2.45, 2.75) is 39.0 Å². The van der Waals surface area contributed by atoms with Crippen LogP contribution in [0.5, 0.6) is 0 Å². The molecule has 0 radical (unpaired) electrons. The molecule has 0 heterocycles. The Bertz CT molecular complexity index is 239. The molecule has 0 saturated heterocycles. The maximum Gasteiger partial charge on any atom is 0.220 e. The van der Waals surface area contributed by atoms with Crippen LogP contribution in [0.25, 0.3) is 0 Å². The summed E-state index contributed by atoms with van der Waals surface area (Å²) in [5, 5.41) is 6.19. The standard InChI is InChI=1S/C14H28N2O2.ClH/c1-12-4-3-5-13(10-12)11-14(17)16-7-6-15-8-9-18-2;/h12-13,15H,3-11H2,1-2H3,(H,16,17);1H. The summed E-state index contributed by atoms with van der Waals surface area (Å²) in [6.07, 6.45) is 5.78. The largest absolute Gasteiger partial charge is 0.383 e. The summed E-state index contributed by atoms with van der Waals surface area (Å²) in [7, 11) is 1.69. The lowest BCUT2D eigenvalue weighted by Crippen LogP contribution is -2.34. The van der Waals surface area contributed by atoms with Gasteiger partial charge in [0, 0.05) is 33.2 Å². The van der Waals surface area contributed by atoms with E-state index >= 15 is 0 Å². The van der Waals surface area contributed by atoms with Crippen molar-refractivity contribution in [3.63, 3.8) is 0 Å². The van der Waals surface area contributed by atoms with Crippen molar-refractivity contribution in [1.82, 2.24) is 10.6 Å². The second-order valence-electron chi connectivity index (χ2n) is 5.43. The molecule has 1 aliphatic carbocycles. The number of ether oxygens (including phenoxy) is 1. The molecule has 0 aromatic rings. The number of carbonyl (C=O) groups excluding carboxylic acids is 1. The van der Waals surface area contributed by atoms with Gasteiger partial charge in [-0.3, -0.25) is 4.79 Å². The van der Waals surface area contributed by atoms with Crippen molar-refractivity contribution in [3.05, 3.63) is 0 Å². The average Bonchev–Trinajstić information content (AvgIpc) is 2.33. The van der Waals surface area contributed by atoms with Crippen LogP contribution in [0, 0.1) is 11.8 Å². The molecule has 0 bridgehead atoms. The summed E-state index contributed by atoms with van der Waals surface area (Å²) in [6.45, 7) is 5.38. The van der Waals surface area contributed by atoms with Gasteiger partial charge in [-0.25, -0.2) is 0 Å². The molecule has 1 saturated carbocycles. The highest BCUT2D eigenvalue weighted by molar-refractivity contribution is 5.85. The van der Waals surface area contributed by atoms with Gasteiger partial charge in [0.15, 0.2) is 0 Å². The minimum atomic E-state index is 0. The Morgan fingerprint density at radius 2 is 2.05 bits per heavy atom. The molecule has 2 unspecified atom stereocenters. The van der Waals surface area contributed by atoms with E-state index in [9.17, 15) is 4.79 Å². The van der Waals surface area contributed by atoms with Gasteiger partial charge in [-0.2, -0.15) is 0 Å². The van der Waals surface area contributed by atoms with Gasteiger partial charge in [0.1, 0.15) is 0 Å². The number of hydrogen-bond donors (Lipinski definition) is 2. The van der Waals surface area contributed by atoms with Gasteiger partial charge in [0.2, 0.25) is 5.91 Å². The topological polar surface area (TPSA) is 50.4 Å². The third-order valence-electron chi connectivity index (χ3n) is 3.63. The molecule has 4 nitrogen and oxygen atoms in total. The zero-order chi connectivity index (χ0) is 13.2. The van der Waals surface area contributed by atoms with Crippen LogP contribution in [0.4, 0.5) is 0 Å². The third-order valence-corrected chi connectivity index (χ3v) is 3.63. The van der Waals surface area contributed by atoms with E-state index in [0.29, 0.717) is 25.5 Å². The molecule has 2 N–H and O–H groups in total. The van der Waals surface area contributed by atoms with E-state index in [2.05, 4.69) is 17.6 Å². The Labute approximate surface area is 123 Å². The first-order valence-electron chi connectivity index (χ1n) is 7.18. The number of nitrogens with one attached hydrogen (secondary N) is 2.